The molecular weight excluding hydrogens is 498 g/mol. The maximum absolute atomic E-state index is 13.5. The lowest BCUT2D eigenvalue weighted by molar-refractivity contribution is 0.0986. The van der Waals surface area contributed by atoms with Crippen molar-refractivity contribution in [1.29, 1.82) is 0 Å². The van der Waals surface area contributed by atoms with Crippen LogP contribution in [0.3, 0.4) is 0 Å². The largest absolute Gasteiger partial charge is 0.493 e. The molecule has 184 valence electrons. The number of ether oxygens (including phenoxy) is 2. The molecule has 0 aliphatic carbocycles. The molecule has 0 N–H and O–H groups in total. The minimum absolute atomic E-state index is 0.0371. The molecule has 2 aromatic carbocycles. The molecule has 0 saturated carbocycles. The van der Waals surface area contributed by atoms with E-state index in [2.05, 4.69) is 15.0 Å². The molecule has 8 nitrogen and oxygen atoms in total. The summed E-state index contributed by atoms with van der Waals surface area (Å²) < 4.78 is 12.8. The Morgan fingerprint density at radius 3 is 2.78 bits per heavy atom. The maximum Gasteiger partial charge on any atom is 0.258 e. The second-order valence-corrected chi connectivity index (χ2v) is 10.2. The molecule has 2 aliphatic heterocycles. The molecule has 0 fully saturated rings. The first kappa shape index (κ1) is 22.9. The van der Waals surface area contributed by atoms with Gasteiger partial charge in [-0.2, -0.15) is 5.10 Å². The lowest BCUT2D eigenvalue weighted by atomic mass is 10.0. The third-order valence-corrected chi connectivity index (χ3v) is 8.14. The molecule has 1 amide bonds. The summed E-state index contributed by atoms with van der Waals surface area (Å²) in [5.41, 5.74) is 3.90. The Hall–Kier alpha value is -3.56. The number of anilines is 2. The van der Waals surface area contributed by atoms with Gasteiger partial charge in [0, 0.05) is 29.2 Å². The first-order chi connectivity index (χ1) is 17.6. The van der Waals surface area contributed by atoms with Gasteiger partial charge in [0.1, 0.15) is 23.0 Å². The van der Waals surface area contributed by atoms with Crippen molar-refractivity contribution >= 4 is 38.8 Å². The molecule has 6 rings (SSSR count). The summed E-state index contributed by atoms with van der Waals surface area (Å²) in [6.07, 6.45) is 3.37. The molecule has 0 unspecified atom stereocenters. The van der Waals surface area contributed by atoms with Gasteiger partial charge in [0.15, 0.2) is 17.3 Å². The van der Waals surface area contributed by atoms with E-state index >= 15 is 0 Å². The highest BCUT2D eigenvalue weighted by atomic mass is 35.5. The van der Waals surface area contributed by atoms with Crippen molar-refractivity contribution in [3.05, 3.63) is 70.5 Å². The number of carbonyl (C=O) groups is 1. The van der Waals surface area contributed by atoms with Gasteiger partial charge >= 0.3 is 0 Å². The Balaban J connectivity index is 1.41. The molecule has 0 bridgehead atoms. The highest BCUT2D eigenvalue weighted by Crippen LogP contribution is 2.51. The van der Waals surface area contributed by atoms with Crippen molar-refractivity contribution in [3.8, 4) is 22.9 Å². The smallest absolute Gasteiger partial charge is 0.258 e. The summed E-state index contributed by atoms with van der Waals surface area (Å²) >= 11 is 7.83. The van der Waals surface area contributed by atoms with E-state index in [0.717, 1.165) is 45.4 Å². The van der Waals surface area contributed by atoms with Crippen LogP contribution >= 0.6 is 22.9 Å². The van der Waals surface area contributed by atoms with Crippen molar-refractivity contribution in [1.82, 2.24) is 14.8 Å². The fourth-order valence-electron chi connectivity index (χ4n) is 4.94. The number of benzene rings is 2. The van der Waals surface area contributed by atoms with Gasteiger partial charge in [-0.1, -0.05) is 35.1 Å². The second-order valence-electron chi connectivity index (χ2n) is 8.75. The topological polar surface area (TPSA) is 72.7 Å². The third kappa shape index (κ3) is 3.79. The van der Waals surface area contributed by atoms with Crippen LogP contribution in [0, 0.1) is 0 Å². The van der Waals surface area contributed by atoms with E-state index in [1.165, 1.54) is 0 Å². The SMILES string of the molecule is COc1ccc(CN2Cn3ncnc3-c3c2sc2c3CCCN2C(=O)c2cccc(Cl)c2)cc1OC. The fraction of sp³-hybridized carbons (Fsp3) is 0.269. The van der Waals surface area contributed by atoms with E-state index in [1.807, 2.05) is 39.9 Å². The van der Waals surface area contributed by atoms with Crippen molar-refractivity contribution < 1.29 is 14.3 Å². The molecular formula is C26H24ClN5O3S. The predicted octanol–water partition coefficient (Wildman–Crippen LogP) is 5.25. The van der Waals surface area contributed by atoms with Crippen LogP contribution in [-0.2, 0) is 19.6 Å². The minimum atomic E-state index is -0.0371. The van der Waals surface area contributed by atoms with Gasteiger partial charge in [-0.25, -0.2) is 9.67 Å². The fourth-order valence-corrected chi connectivity index (χ4v) is 6.49. The number of amides is 1. The number of aromatic nitrogens is 3. The Morgan fingerprint density at radius 2 is 1.97 bits per heavy atom. The average Bonchev–Trinajstić information content (AvgIpc) is 3.52. The minimum Gasteiger partial charge on any atom is -0.493 e. The van der Waals surface area contributed by atoms with Crippen LogP contribution in [0.15, 0.2) is 48.8 Å². The van der Waals surface area contributed by atoms with Crippen LogP contribution in [0.1, 0.15) is 27.9 Å². The lowest BCUT2D eigenvalue weighted by Crippen LogP contribution is -2.34. The van der Waals surface area contributed by atoms with E-state index in [0.29, 0.717) is 41.8 Å². The molecule has 2 aliphatic rings. The lowest BCUT2D eigenvalue weighted by Gasteiger charge is -2.29. The zero-order valence-corrected chi connectivity index (χ0v) is 21.5. The van der Waals surface area contributed by atoms with Gasteiger partial charge in [-0.3, -0.25) is 9.69 Å². The van der Waals surface area contributed by atoms with Gasteiger partial charge in [0.25, 0.3) is 5.91 Å². The van der Waals surface area contributed by atoms with Crippen molar-refractivity contribution in [2.24, 2.45) is 0 Å². The molecule has 36 heavy (non-hydrogen) atoms. The number of hydrogen-bond acceptors (Lipinski definition) is 7. The van der Waals surface area contributed by atoms with E-state index in [1.54, 1.807) is 44.0 Å². The van der Waals surface area contributed by atoms with E-state index in [4.69, 9.17) is 21.1 Å². The Morgan fingerprint density at radius 1 is 1.11 bits per heavy atom. The summed E-state index contributed by atoms with van der Waals surface area (Å²) in [6, 6.07) is 13.1. The van der Waals surface area contributed by atoms with Gasteiger partial charge in [0.2, 0.25) is 0 Å². The highest BCUT2D eigenvalue weighted by Gasteiger charge is 2.36. The van der Waals surface area contributed by atoms with Crippen molar-refractivity contribution in [2.45, 2.75) is 26.1 Å². The summed E-state index contributed by atoms with van der Waals surface area (Å²) in [7, 11) is 3.27. The van der Waals surface area contributed by atoms with Crippen LogP contribution in [0.5, 0.6) is 11.5 Å². The van der Waals surface area contributed by atoms with Crippen LogP contribution in [0.4, 0.5) is 10.0 Å². The first-order valence-corrected chi connectivity index (χ1v) is 12.8. The van der Waals surface area contributed by atoms with Crippen LogP contribution < -0.4 is 19.3 Å². The van der Waals surface area contributed by atoms with Gasteiger partial charge in [-0.15, -0.1) is 0 Å². The molecule has 4 heterocycles. The first-order valence-electron chi connectivity index (χ1n) is 11.6. The predicted molar refractivity (Wildman–Crippen MR) is 141 cm³/mol. The van der Waals surface area contributed by atoms with Crippen LogP contribution in [0.2, 0.25) is 5.02 Å². The van der Waals surface area contributed by atoms with E-state index < -0.39 is 0 Å². The maximum atomic E-state index is 13.5. The zero-order chi connectivity index (χ0) is 24.8. The summed E-state index contributed by atoms with van der Waals surface area (Å²) in [5, 5.41) is 7.11. The number of hydrogen-bond donors (Lipinski definition) is 0. The molecule has 10 heteroatoms. The summed E-state index contributed by atoms with van der Waals surface area (Å²) in [4.78, 5) is 22.3. The number of rotatable bonds is 5. The number of methoxy groups -OCH3 is 2. The number of fused-ring (bicyclic) bond motifs is 5. The van der Waals surface area contributed by atoms with Gasteiger partial charge < -0.3 is 14.4 Å². The standard InChI is InChI=1S/C26H24ClN5O3S/c1-34-20-9-8-16(11-21(20)35-2)13-30-15-32-23(28-14-29-32)22-19-7-4-10-31(25(19)36-26(22)30)24(33)17-5-3-6-18(27)12-17/h3,5-6,8-9,11-12,14H,4,7,10,13,15H2,1-2H3. The molecule has 0 atom stereocenters. The molecule has 0 spiro atoms. The summed E-state index contributed by atoms with van der Waals surface area (Å²) in [6.45, 7) is 1.88. The summed E-state index contributed by atoms with van der Waals surface area (Å²) in [5.74, 6) is 2.20. The Labute approximate surface area is 217 Å². The van der Waals surface area contributed by atoms with Crippen LogP contribution in [0.25, 0.3) is 11.4 Å². The zero-order valence-electron chi connectivity index (χ0n) is 19.9. The third-order valence-electron chi connectivity index (χ3n) is 6.59. The molecule has 0 saturated heterocycles. The number of halogens is 1. The monoisotopic (exact) mass is 521 g/mol. The number of nitrogens with zero attached hydrogens (tertiary/aromatic N) is 5. The van der Waals surface area contributed by atoms with Crippen LogP contribution in [-0.4, -0.2) is 41.4 Å². The second kappa shape index (κ2) is 9.15. The molecule has 4 aromatic rings. The molecule has 2 aromatic heterocycles. The average molecular weight is 522 g/mol. The Kier molecular flexibility index (Phi) is 5.81. The van der Waals surface area contributed by atoms with Gasteiger partial charge in [-0.05, 0) is 48.7 Å². The van der Waals surface area contributed by atoms with Crippen molar-refractivity contribution in [3.63, 3.8) is 0 Å². The normalized spacial score (nSPS) is 14.2. The number of thiophene rings is 1. The van der Waals surface area contributed by atoms with Crippen molar-refractivity contribution in [2.75, 3.05) is 30.6 Å². The highest BCUT2D eigenvalue weighted by molar-refractivity contribution is 7.21. The number of carbonyl (C=O) groups excluding carboxylic acids is 1. The van der Waals surface area contributed by atoms with Gasteiger partial charge in [0.05, 0.1) is 19.8 Å². The van der Waals surface area contributed by atoms with E-state index in [-0.39, 0.29) is 5.91 Å². The quantitative estimate of drug-likeness (QED) is 0.357. The Bertz CT molecular complexity index is 1470. The molecule has 0 radical (unpaired) electrons. The van der Waals surface area contributed by atoms with E-state index in [9.17, 15) is 4.79 Å².